The fourth-order valence-corrected chi connectivity index (χ4v) is 8.05. The first-order valence-electron chi connectivity index (χ1n) is 14.8. The van der Waals surface area contributed by atoms with Crippen LogP contribution in [0.25, 0.3) is 28.0 Å². The lowest BCUT2D eigenvalue weighted by molar-refractivity contribution is -0.291. The van der Waals surface area contributed by atoms with Crippen LogP contribution in [0.1, 0.15) is 22.3 Å². The maximum Gasteiger partial charge on any atom is 0.642 e. The molecular weight excluding hydrogens is 682 g/mol. The monoisotopic (exact) mass is 709 g/mol. The van der Waals surface area contributed by atoms with Crippen molar-refractivity contribution in [3.8, 4) is 33.9 Å². The van der Waals surface area contributed by atoms with Crippen molar-refractivity contribution in [2.45, 2.75) is 12.8 Å². The van der Waals surface area contributed by atoms with E-state index in [1.807, 2.05) is 91.0 Å². The molecule has 0 spiro atoms. The summed E-state index contributed by atoms with van der Waals surface area (Å²) in [6.45, 7) is -4.42. The number of methoxy groups -OCH3 is 2. The lowest BCUT2D eigenvalue weighted by Gasteiger charge is -2.33. The Kier molecular flexibility index (Phi) is 6.56. The van der Waals surface area contributed by atoms with Gasteiger partial charge in [0.1, 0.15) is 17.2 Å². The van der Waals surface area contributed by atoms with Crippen molar-refractivity contribution in [1.82, 2.24) is 4.48 Å². The van der Waals surface area contributed by atoms with E-state index in [-0.39, 0.29) is 5.84 Å². The van der Waals surface area contributed by atoms with E-state index < -0.39 is 6.97 Å². The average molecular weight is 709 g/mol. The molecule has 3 aliphatic rings. The SMILES string of the molecule is COc1ccc(C2=[N+]3C(=Nc4c(-c5ccccc5)c5c(n4[B-]3(F)F)-c3ccc(OC)cc3CC5)C(c3ccccc3)=C2I)cc1. The maximum atomic E-state index is 17.8. The molecule has 1 aliphatic carbocycles. The van der Waals surface area contributed by atoms with Gasteiger partial charge in [0.25, 0.3) is 5.84 Å². The van der Waals surface area contributed by atoms with E-state index >= 15 is 8.63 Å². The third-order valence-electron chi connectivity index (χ3n) is 8.93. The summed E-state index contributed by atoms with van der Waals surface area (Å²) < 4.78 is 49.7. The van der Waals surface area contributed by atoms with Crippen LogP contribution in [0, 0.1) is 0 Å². The van der Waals surface area contributed by atoms with Gasteiger partial charge in [-0.25, -0.2) is 0 Å². The number of amidine groups is 1. The molecule has 0 atom stereocenters. The van der Waals surface area contributed by atoms with Crippen LogP contribution in [-0.4, -0.2) is 41.7 Å². The summed E-state index contributed by atoms with van der Waals surface area (Å²) in [6.07, 6.45) is 1.34. The number of nitrogens with zero attached hydrogens (tertiary/aromatic N) is 3. The third kappa shape index (κ3) is 4.16. The van der Waals surface area contributed by atoms with Gasteiger partial charge < -0.3 is 27.1 Å². The molecule has 0 bridgehead atoms. The molecule has 0 saturated carbocycles. The van der Waals surface area contributed by atoms with Crippen LogP contribution in [0.5, 0.6) is 11.5 Å². The number of aliphatic imine (C=N–C) groups is 1. The highest BCUT2D eigenvalue weighted by Crippen LogP contribution is 2.52. The number of hydrogen-bond donors (Lipinski definition) is 0. The molecule has 3 heterocycles. The van der Waals surface area contributed by atoms with Crippen LogP contribution < -0.4 is 9.47 Å². The van der Waals surface area contributed by atoms with Gasteiger partial charge in [0.15, 0.2) is 0 Å². The Morgan fingerprint density at radius 2 is 1.42 bits per heavy atom. The Balaban J connectivity index is 1.48. The standard InChI is InChI=1S/C36H27BF2IN3O2/c1-44-26-16-13-24(14-17-26)33-32(40)31(23-11-7-4-8-12-23)36-41-35-30(22-9-5-3-6-10-22)29-19-15-25-21-27(45-2)18-20-28(25)34(29)43(35)37(38,39)42(33)36/h3-14,16-18,20-21H,15,19H2,1-2H3. The van der Waals surface area contributed by atoms with E-state index in [1.54, 1.807) is 26.4 Å². The number of rotatable bonds is 5. The molecule has 9 heteroatoms. The molecule has 0 radical (unpaired) electrons. The summed E-state index contributed by atoms with van der Waals surface area (Å²) in [5, 5.41) is 0. The van der Waals surface area contributed by atoms with Crippen molar-refractivity contribution in [2.75, 3.05) is 14.2 Å². The summed E-state index contributed by atoms with van der Waals surface area (Å²) in [6, 6.07) is 32.5. The second-order valence-electron chi connectivity index (χ2n) is 11.3. The quantitative estimate of drug-likeness (QED) is 0.136. The molecule has 5 aromatic rings. The minimum Gasteiger partial charge on any atom is -0.497 e. The Hall–Kier alpha value is -4.51. The van der Waals surface area contributed by atoms with E-state index in [0.717, 1.165) is 43.4 Å². The van der Waals surface area contributed by atoms with Gasteiger partial charge in [-0.2, -0.15) is 0 Å². The number of fused-ring (bicyclic) bond motifs is 6. The van der Waals surface area contributed by atoms with E-state index in [0.29, 0.717) is 46.3 Å². The molecule has 2 aliphatic heterocycles. The van der Waals surface area contributed by atoms with Crippen molar-refractivity contribution in [1.29, 1.82) is 0 Å². The molecular formula is C36H27BF2IN3O2. The van der Waals surface area contributed by atoms with E-state index in [4.69, 9.17) is 14.5 Å². The van der Waals surface area contributed by atoms with E-state index in [2.05, 4.69) is 22.6 Å². The van der Waals surface area contributed by atoms with Gasteiger partial charge in [-0.15, -0.1) is 0 Å². The number of hydrogen-bond acceptors (Lipinski definition) is 3. The number of allylic oxidation sites excluding steroid dienone is 1. The molecule has 0 saturated heterocycles. The minimum atomic E-state index is -4.42. The summed E-state index contributed by atoms with van der Waals surface area (Å²) in [7, 11) is 3.22. The van der Waals surface area contributed by atoms with Crippen LogP contribution >= 0.6 is 22.6 Å². The highest BCUT2D eigenvalue weighted by molar-refractivity contribution is 14.1. The third-order valence-corrected chi connectivity index (χ3v) is 9.98. The second-order valence-corrected chi connectivity index (χ2v) is 12.4. The maximum absolute atomic E-state index is 17.8. The number of ether oxygens (including phenoxy) is 2. The van der Waals surface area contributed by atoms with Gasteiger partial charge in [-0.3, -0.25) is 0 Å². The zero-order valence-corrected chi connectivity index (χ0v) is 26.8. The smallest absolute Gasteiger partial charge is 0.497 e. The topological polar surface area (TPSA) is 38.8 Å². The van der Waals surface area contributed by atoms with Gasteiger partial charge >= 0.3 is 6.97 Å². The van der Waals surface area contributed by atoms with Gasteiger partial charge in [-0.1, -0.05) is 60.7 Å². The first-order valence-corrected chi connectivity index (χ1v) is 15.9. The summed E-state index contributed by atoms with van der Waals surface area (Å²) in [5.41, 5.74) is 7.46. The Morgan fingerprint density at radius 3 is 2.09 bits per heavy atom. The fourth-order valence-electron chi connectivity index (χ4n) is 6.93. The molecule has 222 valence electrons. The lowest BCUT2D eigenvalue weighted by Crippen LogP contribution is -2.53. The van der Waals surface area contributed by atoms with E-state index in [9.17, 15) is 0 Å². The zero-order valence-electron chi connectivity index (χ0n) is 24.6. The van der Waals surface area contributed by atoms with Crippen LogP contribution in [0.15, 0.2) is 112 Å². The van der Waals surface area contributed by atoms with Crippen molar-refractivity contribution < 1.29 is 22.6 Å². The fraction of sp³-hybridized carbons (Fsp3) is 0.111. The number of halogens is 3. The summed E-state index contributed by atoms with van der Waals surface area (Å²) in [5.74, 6) is 1.92. The van der Waals surface area contributed by atoms with Gasteiger partial charge in [0.2, 0.25) is 5.82 Å². The lowest BCUT2D eigenvalue weighted by atomic mass is 9.85. The van der Waals surface area contributed by atoms with Crippen molar-refractivity contribution in [2.24, 2.45) is 4.99 Å². The highest BCUT2D eigenvalue weighted by Gasteiger charge is 2.56. The van der Waals surface area contributed by atoms with Gasteiger partial charge in [0.05, 0.1) is 28.9 Å². The Labute approximate surface area is 273 Å². The normalized spacial score (nSPS) is 16.1. The molecule has 0 fully saturated rings. The minimum absolute atomic E-state index is 0.260. The molecule has 45 heavy (non-hydrogen) atoms. The van der Waals surface area contributed by atoms with Gasteiger partial charge in [-0.05, 0) is 111 Å². The summed E-state index contributed by atoms with van der Waals surface area (Å²) >= 11 is 2.21. The zero-order chi connectivity index (χ0) is 30.9. The largest absolute Gasteiger partial charge is 0.642 e. The van der Waals surface area contributed by atoms with Crippen molar-refractivity contribution in [3.63, 3.8) is 0 Å². The molecule has 8 rings (SSSR count). The van der Waals surface area contributed by atoms with Crippen LogP contribution in [-0.2, 0) is 12.8 Å². The predicted octanol–water partition coefficient (Wildman–Crippen LogP) is 8.57. The number of benzene rings is 4. The molecule has 0 N–H and O–H groups in total. The highest BCUT2D eigenvalue weighted by atomic mass is 127. The van der Waals surface area contributed by atoms with E-state index in [1.165, 1.54) is 8.96 Å². The number of aryl methyl sites for hydroxylation is 1. The average Bonchev–Trinajstić information content (AvgIpc) is 3.58. The Morgan fingerprint density at radius 1 is 0.778 bits per heavy atom. The van der Waals surface area contributed by atoms with Crippen LogP contribution in [0.4, 0.5) is 14.4 Å². The van der Waals surface area contributed by atoms with Crippen molar-refractivity contribution in [3.05, 3.63) is 129 Å². The second kappa shape index (κ2) is 10.5. The molecule has 5 nitrogen and oxygen atoms in total. The molecule has 4 aromatic carbocycles. The molecule has 0 unspecified atom stereocenters. The predicted molar refractivity (Wildman–Crippen MR) is 184 cm³/mol. The first kappa shape index (κ1) is 28.0. The molecule has 0 amide bonds. The van der Waals surface area contributed by atoms with Gasteiger partial charge in [0, 0.05) is 11.3 Å². The first-order chi connectivity index (χ1) is 21.9. The Bertz CT molecular complexity index is 2100. The number of aromatic nitrogens is 1. The van der Waals surface area contributed by atoms with Crippen LogP contribution in [0.3, 0.4) is 0 Å². The van der Waals surface area contributed by atoms with Crippen molar-refractivity contribution >= 4 is 52.5 Å². The molecule has 1 aromatic heterocycles. The summed E-state index contributed by atoms with van der Waals surface area (Å²) in [4.78, 5) is 5.22. The van der Waals surface area contributed by atoms with Crippen LogP contribution in [0.2, 0.25) is 0 Å².